The highest BCUT2D eigenvalue weighted by Crippen LogP contribution is 2.31. The second kappa shape index (κ2) is 7.44. The molecule has 2 aromatic carbocycles. The molecule has 0 aliphatic carbocycles. The van der Waals surface area contributed by atoms with Crippen LogP contribution in [0.15, 0.2) is 78.0 Å². The molecule has 142 valence electrons. The van der Waals surface area contributed by atoms with Crippen LogP contribution >= 0.6 is 0 Å². The summed E-state index contributed by atoms with van der Waals surface area (Å²) in [6.45, 7) is 0.621. The van der Waals surface area contributed by atoms with Crippen LogP contribution in [-0.4, -0.2) is 25.9 Å². The number of rotatable bonds is 4. The molecule has 4 rings (SSSR count). The van der Waals surface area contributed by atoms with E-state index in [1.807, 2.05) is 0 Å². The smallest absolute Gasteiger partial charge is 0.261 e. The maximum absolute atomic E-state index is 12.8. The van der Waals surface area contributed by atoms with Crippen LogP contribution in [0.4, 0.5) is 11.4 Å². The molecule has 0 saturated heterocycles. The Morgan fingerprint density at radius 2 is 1.86 bits per heavy atom. The van der Waals surface area contributed by atoms with Crippen LogP contribution in [0.5, 0.6) is 0 Å². The minimum absolute atomic E-state index is 0.105. The van der Waals surface area contributed by atoms with Crippen molar-refractivity contribution in [2.75, 3.05) is 16.2 Å². The van der Waals surface area contributed by atoms with E-state index in [0.717, 1.165) is 24.1 Å². The summed E-state index contributed by atoms with van der Waals surface area (Å²) < 4.78 is 27.7. The van der Waals surface area contributed by atoms with Gasteiger partial charge < -0.3 is 4.90 Å². The first-order valence-corrected chi connectivity index (χ1v) is 10.5. The normalized spacial score (nSPS) is 13.6. The van der Waals surface area contributed by atoms with Crippen LogP contribution in [0.25, 0.3) is 0 Å². The summed E-state index contributed by atoms with van der Waals surface area (Å²) in [7, 11) is -3.65. The van der Waals surface area contributed by atoms with Gasteiger partial charge in [0, 0.05) is 30.3 Å². The van der Waals surface area contributed by atoms with E-state index in [1.54, 1.807) is 78.0 Å². The third kappa shape index (κ3) is 3.61. The molecular weight excluding hydrogens is 374 g/mol. The highest BCUT2D eigenvalue weighted by atomic mass is 32.2. The zero-order valence-corrected chi connectivity index (χ0v) is 15.9. The number of sulfonamides is 1. The van der Waals surface area contributed by atoms with E-state index in [9.17, 15) is 13.2 Å². The van der Waals surface area contributed by atoms with Crippen molar-refractivity contribution in [2.45, 2.75) is 17.7 Å². The number of nitrogens with zero attached hydrogens (tertiary/aromatic N) is 2. The number of nitrogens with one attached hydrogen (secondary N) is 1. The van der Waals surface area contributed by atoms with Crippen LogP contribution in [0.3, 0.4) is 0 Å². The van der Waals surface area contributed by atoms with Crippen molar-refractivity contribution in [3.63, 3.8) is 0 Å². The Morgan fingerprint density at radius 1 is 1.04 bits per heavy atom. The molecule has 0 atom stereocenters. The fourth-order valence-electron chi connectivity index (χ4n) is 3.33. The van der Waals surface area contributed by atoms with Crippen molar-refractivity contribution in [3.05, 3.63) is 84.2 Å². The standard InChI is InChI=1S/C21H19N3O3S/c25-21(17-6-4-12-22-15-17)24-13-5-7-16-14-18(10-11-20(16)24)23-28(26,27)19-8-2-1-3-9-19/h1-4,6,8-12,14-15,23H,5,7,13H2. The molecule has 0 radical (unpaired) electrons. The van der Waals surface area contributed by atoms with E-state index in [2.05, 4.69) is 9.71 Å². The van der Waals surface area contributed by atoms with Gasteiger partial charge in [-0.3, -0.25) is 14.5 Å². The quantitative estimate of drug-likeness (QED) is 0.736. The lowest BCUT2D eigenvalue weighted by atomic mass is 10.0. The first-order chi connectivity index (χ1) is 13.5. The highest BCUT2D eigenvalue weighted by Gasteiger charge is 2.24. The fraction of sp³-hybridized carbons (Fsp3) is 0.143. The van der Waals surface area contributed by atoms with Crippen LogP contribution < -0.4 is 9.62 Å². The predicted octanol–water partition coefficient (Wildman–Crippen LogP) is 3.48. The molecule has 6 nitrogen and oxygen atoms in total. The first kappa shape index (κ1) is 18.2. The third-order valence-electron chi connectivity index (χ3n) is 4.66. The number of benzene rings is 2. The van der Waals surface area contributed by atoms with Crippen LogP contribution in [0, 0.1) is 0 Å². The van der Waals surface area contributed by atoms with Crippen LogP contribution in [-0.2, 0) is 16.4 Å². The summed E-state index contributed by atoms with van der Waals surface area (Å²) in [6.07, 6.45) is 4.78. The molecule has 0 spiro atoms. The monoisotopic (exact) mass is 393 g/mol. The summed E-state index contributed by atoms with van der Waals surface area (Å²) in [4.78, 5) is 18.8. The number of hydrogen-bond donors (Lipinski definition) is 1. The lowest BCUT2D eigenvalue weighted by Crippen LogP contribution is -2.35. The molecule has 1 aromatic heterocycles. The van der Waals surface area contributed by atoms with E-state index in [0.29, 0.717) is 17.8 Å². The van der Waals surface area contributed by atoms with E-state index in [1.165, 1.54) is 0 Å². The van der Waals surface area contributed by atoms with Gasteiger partial charge in [0.1, 0.15) is 0 Å². The molecule has 0 unspecified atom stereocenters. The number of aromatic nitrogens is 1. The molecule has 1 amide bonds. The maximum atomic E-state index is 12.8. The Hall–Kier alpha value is -3.19. The lowest BCUT2D eigenvalue weighted by molar-refractivity contribution is 0.0984. The van der Waals surface area contributed by atoms with Gasteiger partial charge in [-0.25, -0.2) is 8.42 Å². The summed E-state index contributed by atoms with van der Waals surface area (Å²) in [6, 6.07) is 17.0. The van der Waals surface area contributed by atoms with Crippen LogP contribution in [0.1, 0.15) is 22.3 Å². The minimum atomic E-state index is -3.65. The number of carbonyl (C=O) groups is 1. The number of hydrogen-bond acceptors (Lipinski definition) is 4. The van der Waals surface area contributed by atoms with Gasteiger partial charge in [-0.15, -0.1) is 0 Å². The van der Waals surface area contributed by atoms with Crippen molar-refractivity contribution in [1.82, 2.24) is 4.98 Å². The maximum Gasteiger partial charge on any atom is 0.261 e. The zero-order valence-electron chi connectivity index (χ0n) is 15.1. The van der Waals surface area contributed by atoms with Gasteiger partial charge in [0.15, 0.2) is 0 Å². The molecule has 0 saturated carbocycles. The minimum Gasteiger partial charge on any atom is -0.308 e. The molecule has 0 fully saturated rings. The zero-order chi connectivity index (χ0) is 19.6. The Bertz CT molecular complexity index is 1100. The number of pyridine rings is 1. The molecule has 1 aliphatic rings. The number of aryl methyl sites for hydroxylation is 1. The van der Waals surface area contributed by atoms with Crippen molar-refractivity contribution in [3.8, 4) is 0 Å². The topological polar surface area (TPSA) is 79.4 Å². The molecule has 2 heterocycles. The highest BCUT2D eigenvalue weighted by molar-refractivity contribution is 7.92. The number of carbonyl (C=O) groups excluding carboxylic acids is 1. The van der Waals surface area contributed by atoms with Crippen molar-refractivity contribution in [1.29, 1.82) is 0 Å². The van der Waals surface area contributed by atoms with E-state index in [4.69, 9.17) is 0 Å². The molecule has 1 N–H and O–H groups in total. The molecule has 7 heteroatoms. The summed E-state index contributed by atoms with van der Waals surface area (Å²) in [5, 5.41) is 0. The second-order valence-electron chi connectivity index (χ2n) is 6.56. The summed E-state index contributed by atoms with van der Waals surface area (Å²) >= 11 is 0. The van der Waals surface area contributed by atoms with Crippen LogP contribution in [0.2, 0.25) is 0 Å². The largest absolute Gasteiger partial charge is 0.308 e. The van der Waals surface area contributed by atoms with E-state index < -0.39 is 10.0 Å². The summed E-state index contributed by atoms with van der Waals surface area (Å²) in [5.41, 5.74) is 2.77. The predicted molar refractivity (Wildman–Crippen MR) is 108 cm³/mol. The van der Waals surface area contributed by atoms with Gasteiger partial charge in [-0.1, -0.05) is 18.2 Å². The van der Waals surface area contributed by atoms with Gasteiger partial charge in [0.25, 0.3) is 15.9 Å². The van der Waals surface area contributed by atoms with Crippen molar-refractivity contribution in [2.24, 2.45) is 0 Å². The average molecular weight is 393 g/mol. The van der Waals surface area contributed by atoms with E-state index in [-0.39, 0.29) is 10.8 Å². The Labute approximate surface area is 163 Å². The van der Waals surface area contributed by atoms with Crippen molar-refractivity contribution < 1.29 is 13.2 Å². The average Bonchev–Trinajstić information content (AvgIpc) is 2.73. The number of fused-ring (bicyclic) bond motifs is 1. The molecule has 0 bridgehead atoms. The Kier molecular flexibility index (Phi) is 4.83. The van der Waals surface area contributed by atoms with Gasteiger partial charge in [0.05, 0.1) is 10.5 Å². The third-order valence-corrected chi connectivity index (χ3v) is 6.05. The molecule has 28 heavy (non-hydrogen) atoms. The Balaban J connectivity index is 1.61. The van der Waals surface area contributed by atoms with Gasteiger partial charge in [0.2, 0.25) is 0 Å². The molecule has 3 aromatic rings. The fourth-order valence-corrected chi connectivity index (χ4v) is 4.40. The lowest BCUT2D eigenvalue weighted by Gasteiger charge is -2.30. The Morgan fingerprint density at radius 3 is 2.61 bits per heavy atom. The van der Waals surface area contributed by atoms with E-state index >= 15 is 0 Å². The van der Waals surface area contributed by atoms with Crippen molar-refractivity contribution >= 4 is 27.3 Å². The number of amides is 1. The molecular formula is C21H19N3O3S. The second-order valence-corrected chi connectivity index (χ2v) is 8.25. The number of anilines is 2. The SMILES string of the molecule is O=C(c1cccnc1)N1CCCc2cc(NS(=O)(=O)c3ccccc3)ccc21. The van der Waals surface area contributed by atoms with Gasteiger partial charge >= 0.3 is 0 Å². The van der Waals surface area contributed by atoms with Gasteiger partial charge in [-0.05, 0) is 60.9 Å². The summed E-state index contributed by atoms with van der Waals surface area (Å²) in [5.74, 6) is -0.105. The van der Waals surface area contributed by atoms with Gasteiger partial charge in [-0.2, -0.15) is 0 Å². The molecule has 1 aliphatic heterocycles. The first-order valence-electron chi connectivity index (χ1n) is 8.97.